The van der Waals surface area contributed by atoms with Gasteiger partial charge in [-0.3, -0.25) is 14.4 Å². The standard InChI is InChI=1S/C25H23F7N4O6/c1-13-18(33-36(42-23(40)25(30,31)32)22(39)20(13)24(27,28)29)11-14-2-3-17(26)16(10-14)21(38)34-6-7-35(19(37)12-34)15-4-8-41-9-5-15/h2-3,10,15H,4-9,11-12H2,1H3. The zero-order valence-corrected chi connectivity index (χ0v) is 21.9. The molecular weight excluding hydrogens is 585 g/mol. The van der Waals surface area contributed by atoms with Gasteiger partial charge in [-0.05, 0) is 47.9 Å². The summed E-state index contributed by atoms with van der Waals surface area (Å²) < 4.78 is 98.9. The van der Waals surface area contributed by atoms with Gasteiger partial charge in [0.25, 0.3) is 5.91 Å². The van der Waals surface area contributed by atoms with Gasteiger partial charge in [-0.2, -0.15) is 26.3 Å². The number of ether oxygens (including phenoxy) is 1. The lowest BCUT2D eigenvalue weighted by molar-refractivity contribution is -0.202. The van der Waals surface area contributed by atoms with Crippen molar-refractivity contribution in [1.29, 1.82) is 0 Å². The van der Waals surface area contributed by atoms with Crippen LogP contribution >= 0.6 is 0 Å². The lowest BCUT2D eigenvalue weighted by Gasteiger charge is -2.40. The molecule has 3 heterocycles. The second kappa shape index (κ2) is 11.7. The van der Waals surface area contributed by atoms with Crippen molar-refractivity contribution in [2.75, 3.05) is 32.8 Å². The van der Waals surface area contributed by atoms with Crippen LogP contribution in [-0.4, -0.2) is 82.6 Å². The second-order valence-electron chi connectivity index (χ2n) is 9.65. The van der Waals surface area contributed by atoms with E-state index in [4.69, 9.17) is 4.74 Å². The lowest BCUT2D eigenvalue weighted by atomic mass is 10.0. The highest BCUT2D eigenvalue weighted by molar-refractivity contribution is 5.97. The van der Waals surface area contributed by atoms with E-state index in [0.29, 0.717) is 26.1 Å². The number of carbonyl (C=O) groups is 3. The first-order chi connectivity index (χ1) is 19.6. The Hall–Kier alpha value is -4.02. The number of hydrogen-bond acceptors (Lipinski definition) is 7. The smallest absolute Gasteiger partial charge is 0.381 e. The average Bonchev–Trinajstić information content (AvgIpc) is 2.91. The van der Waals surface area contributed by atoms with E-state index in [1.54, 1.807) is 4.90 Å². The molecule has 228 valence electrons. The molecule has 2 saturated heterocycles. The molecule has 0 N–H and O–H groups in total. The van der Waals surface area contributed by atoms with Crippen LogP contribution in [0.4, 0.5) is 30.7 Å². The Kier molecular flexibility index (Phi) is 8.61. The molecule has 0 unspecified atom stereocenters. The van der Waals surface area contributed by atoms with E-state index < -0.39 is 69.3 Å². The zero-order valence-electron chi connectivity index (χ0n) is 21.9. The highest BCUT2D eigenvalue weighted by Crippen LogP contribution is 2.31. The highest BCUT2D eigenvalue weighted by Gasteiger charge is 2.44. The summed E-state index contributed by atoms with van der Waals surface area (Å²) in [5.41, 5.74) is -6.02. The van der Waals surface area contributed by atoms with Gasteiger partial charge >= 0.3 is 23.9 Å². The Morgan fingerprint density at radius 3 is 2.33 bits per heavy atom. The van der Waals surface area contributed by atoms with Crippen LogP contribution in [-0.2, 0) is 26.9 Å². The van der Waals surface area contributed by atoms with Crippen LogP contribution in [0.1, 0.15) is 45.6 Å². The van der Waals surface area contributed by atoms with Gasteiger partial charge in [0.15, 0.2) is 0 Å². The number of alkyl halides is 6. The van der Waals surface area contributed by atoms with Crippen LogP contribution in [0.25, 0.3) is 0 Å². The molecule has 0 atom stereocenters. The van der Waals surface area contributed by atoms with E-state index >= 15 is 0 Å². The van der Waals surface area contributed by atoms with Gasteiger partial charge in [-0.15, -0.1) is 5.10 Å². The molecule has 2 aliphatic heterocycles. The molecule has 0 radical (unpaired) electrons. The van der Waals surface area contributed by atoms with Crippen molar-refractivity contribution in [3.05, 3.63) is 62.3 Å². The fourth-order valence-corrected chi connectivity index (χ4v) is 4.78. The third-order valence-corrected chi connectivity index (χ3v) is 6.90. The summed E-state index contributed by atoms with van der Waals surface area (Å²) >= 11 is 0. The summed E-state index contributed by atoms with van der Waals surface area (Å²) in [4.78, 5) is 55.1. The molecular formula is C25H23F7N4O6. The number of nitrogens with zero attached hydrogens (tertiary/aromatic N) is 4. The van der Waals surface area contributed by atoms with Crippen LogP contribution in [0.2, 0.25) is 0 Å². The molecule has 0 aliphatic carbocycles. The summed E-state index contributed by atoms with van der Waals surface area (Å²) in [7, 11) is 0. The molecule has 2 aliphatic rings. The largest absolute Gasteiger partial charge is 0.493 e. The van der Waals surface area contributed by atoms with Gasteiger partial charge in [-0.25, -0.2) is 9.18 Å². The van der Waals surface area contributed by atoms with Crippen molar-refractivity contribution in [2.45, 2.75) is 44.6 Å². The topological polar surface area (TPSA) is 111 Å². The fourth-order valence-electron chi connectivity index (χ4n) is 4.78. The van der Waals surface area contributed by atoms with Crippen LogP contribution in [0.5, 0.6) is 0 Å². The Morgan fingerprint density at radius 1 is 1.07 bits per heavy atom. The SMILES string of the molecule is Cc1c(Cc2ccc(F)c(C(=O)N3CCN(C4CCOCC4)C(=O)C3)c2)nn(OC(=O)C(F)(F)F)c(=O)c1C(F)(F)F. The number of benzene rings is 1. The van der Waals surface area contributed by atoms with E-state index in [1.807, 2.05) is 0 Å². The molecule has 17 heteroatoms. The van der Waals surface area contributed by atoms with Crippen molar-refractivity contribution in [1.82, 2.24) is 19.7 Å². The lowest BCUT2D eigenvalue weighted by Crippen LogP contribution is -2.56. The third kappa shape index (κ3) is 6.55. The maximum absolute atomic E-state index is 14.7. The Morgan fingerprint density at radius 2 is 1.74 bits per heavy atom. The summed E-state index contributed by atoms with van der Waals surface area (Å²) in [6.07, 6.45) is -10.4. The molecule has 1 aromatic carbocycles. The van der Waals surface area contributed by atoms with Gasteiger partial charge in [0.2, 0.25) is 5.91 Å². The number of carbonyl (C=O) groups excluding carboxylic acids is 3. The van der Waals surface area contributed by atoms with Crippen molar-refractivity contribution in [2.24, 2.45) is 0 Å². The highest BCUT2D eigenvalue weighted by atomic mass is 19.4. The molecule has 0 spiro atoms. The number of amides is 2. The molecule has 2 amide bonds. The molecule has 0 bridgehead atoms. The van der Waals surface area contributed by atoms with Crippen LogP contribution in [0.15, 0.2) is 23.0 Å². The minimum atomic E-state index is -5.64. The minimum Gasteiger partial charge on any atom is -0.381 e. The Bertz CT molecular complexity index is 1450. The summed E-state index contributed by atoms with van der Waals surface area (Å²) in [5.74, 6) is -5.18. The first kappa shape index (κ1) is 30.9. The zero-order chi connectivity index (χ0) is 31.0. The van der Waals surface area contributed by atoms with E-state index in [1.165, 1.54) is 0 Å². The number of hydrogen-bond donors (Lipinski definition) is 0. The maximum Gasteiger partial charge on any atom is 0.493 e. The van der Waals surface area contributed by atoms with Gasteiger partial charge in [0.05, 0.1) is 11.3 Å². The van der Waals surface area contributed by atoms with Crippen molar-refractivity contribution in [3.63, 3.8) is 0 Å². The van der Waals surface area contributed by atoms with E-state index in [-0.39, 0.29) is 37.1 Å². The number of piperazine rings is 1. The van der Waals surface area contributed by atoms with Gasteiger partial charge in [0.1, 0.15) is 17.9 Å². The van der Waals surface area contributed by atoms with Gasteiger partial charge in [-0.1, -0.05) is 6.07 Å². The normalized spacial score (nSPS) is 17.0. The van der Waals surface area contributed by atoms with E-state index in [2.05, 4.69) is 9.94 Å². The predicted octanol–water partition coefficient (Wildman–Crippen LogP) is 2.28. The number of halogens is 7. The van der Waals surface area contributed by atoms with Crippen molar-refractivity contribution in [3.8, 4) is 0 Å². The average molecular weight is 608 g/mol. The Labute approximate surface area is 232 Å². The maximum atomic E-state index is 14.7. The van der Waals surface area contributed by atoms with E-state index in [9.17, 15) is 49.9 Å². The second-order valence-corrected chi connectivity index (χ2v) is 9.65. The molecule has 42 heavy (non-hydrogen) atoms. The fraction of sp³-hybridized carbons (Fsp3) is 0.480. The van der Waals surface area contributed by atoms with Gasteiger partial charge < -0.3 is 19.4 Å². The summed E-state index contributed by atoms with van der Waals surface area (Å²) in [6.45, 7) is 1.80. The van der Waals surface area contributed by atoms with E-state index in [0.717, 1.165) is 30.0 Å². The molecule has 10 nitrogen and oxygen atoms in total. The number of aromatic nitrogens is 2. The predicted molar refractivity (Wildman–Crippen MR) is 127 cm³/mol. The minimum absolute atomic E-state index is 0.0111. The van der Waals surface area contributed by atoms with Crippen LogP contribution in [0, 0.1) is 12.7 Å². The van der Waals surface area contributed by atoms with Crippen LogP contribution < -0.4 is 10.4 Å². The van der Waals surface area contributed by atoms with Crippen LogP contribution in [0.3, 0.4) is 0 Å². The number of rotatable bonds is 5. The molecule has 4 rings (SSSR count). The summed E-state index contributed by atoms with van der Waals surface area (Å²) in [5, 5.41) is 3.36. The quantitative estimate of drug-likeness (QED) is 0.479. The molecule has 1 aromatic heterocycles. The van der Waals surface area contributed by atoms with Gasteiger partial charge in [0, 0.05) is 38.8 Å². The molecule has 0 saturated carbocycles. The Balaban J connectivity index is 1.60. The van der Waals surface area contributed by atoms with Crippen molar-refractivity contribution < 1.29 is 54.7 Å². The first-order valence-electron chi connectivity index (χ1n) is 12.5. The molecule has 2 fully saturated rings. The monoisotopic (exact) mass is 608 g/mol. The summed E-state index contributed by atoms with van der Waals surface area (Å²) in [6, 6.07) is 2.90. The third-order valence-electron chi connectivity index (χ3n) is 6.90. The molecule has 2 aromatic rings. The van der Waals surface area contributed by atoms with Crippen molar-refractivity contribution >= 4 is 17.8 Å². The first-order valence-corrected chi connectivity index (χ1v) is 12.5.